The van der Waals surface area contributed by atoms with Crippen LogP contribution in [0.1, 0.15) is 156 Å². The van der Waals surface area contributed by atoms with Crippen LogP contribution in [0.15, 0.2) is 100.0 Å². The number of nitrogens with one attached hydrogen (secondary N) is 9. The van der Waals surface area contributed by atoms with Gasteiger partial charge in [0.2, 0.25) is 5.91 Å². The molecule has 556 valence electrons. The number of rotatable bonds is 23. The minimum atomic E-state index is -0.108. The molecule has 0 atom stereocenters. The van der Waals surface area contributed by atoms with Gasteiger partial charge in [0, 0.05) is 116 Å². The average molecular weight is 1390 g/mol. The van der Waals surface area contributed by atoms with E-state index >= 15 is 0 Å². The summed E-state index contributed by atoms with van der Waals surface area (Å²) in [5, 5.41) is 27.8. The van der Waals surface area contributed by atoms with Crippen LogP contribution in [0.5, 0.6) is 0 Å². The van der Waals surface area contributed by atoms with Crippen LogP contribution in [0.3, 0.4) is 0 Å². The summed E-state index contributed by atoms with van der Waals surface area (Å²) in [5.74, 6) is 12.0. The van der Waals surface area contributed by atoms with Gasteiger partial charge in [0.25, 0.3) is 5.91 Å². The van der Waals surface area contributed by atoms with E-state index in [0.29, 0.717) is 81.5 Å². The lowest BCUT2D eigenvalue weighted by Gasteiger charge is -2.26. The number of hydrogen-bond donors (Lipinski definition) is 9. The van der Waals surface area contributed by atoms with Crippen molar-refractivity contribution in [1.29, 1.82) is 0 Å². The lowest BCUT2D eigenvalue weighted by atomic mass is 10.1. The van der Waals surface area contributed by atoms with Crippen molar-refractivity contribution >= 4 is 76.4 Å². The number of likely N-dealkylation sites (N-methyl/N-ethyl adjacent to an activating group) is 2. The van der Waals surface area contributed by atoms with Gasteiger partial charge in [-0.1, -0.05) is 59.8 Å². The van der Waals surface area contributed by atoms with E-state index in [1.54, 1.807) is 46.0 Å². The zero-order valence-corrected chi connectivity index (χ0v) is 63.9. The fourth-order valence-corrected chi connectivity index (χ4v) is 9.36. The second-order valence-corrected chi connectivity index (χ2v) is 27.1. The number of hydrogen-bond acceptors (Lipinski definition) is 21. The molecule has 26 heteroatoms. The molecule has 0 aliphatic carbocycles. The Hall–Kier alpha value is -8.66. The van der Waals surface area contributed by atoms with Crippen LogP contribution in [-0.2, 0) is 33.6 Å². The van der Waals surface area contributed by atoms with Crippen LogP contribution in [0.25, 0.3) is 0 Å². The molecule has 7 heterocycles. The molecule has 1 fully saturated rings. The normalized spacial score (nSPS) is 15.8. The van der Waals surface area contributed by atoms with Gasteiger partial charge in [0.05, 0.1) is 58.9 Å². The van der Waals surface area contributed by atoms with Crippen LogP contribution in [0, 0.1) is 23.7 Å². The number of likely N-dealkylation sites (tertiary alicyclic amines) is 1. The minimum absolute atomic E-state index is 0.0186. The molecule has 0 aromatic heterocycles. The van der Waals surface area contributed by atoms with Crippen molar-refractivity contribution in [3.63, 3.8) is 0 Å². The van der Waals surface area contributed by atoms with Gasteiger partial charge < -0.3 is 57.7 Å². The van der Waals surface area contributed by atoms with Crippen molar-refractivity contribution in [2.24, 2.45) is 41.8 Å². The Kier molecular flexibility index (Phi) is 45.2. The van der Waals surface area contributed by atoms with Gasteiger partial charge in [-0.3, -0.25) is 58.8 Å². The maximum absolute atomic E-state index is 12.0. The summed E-state index contributed by atoms with van der Waals surface area (Å²) in [7, 11) is 7.20. The summed E-state index contributed by atoms with van der Waals surface area (Å²) in [5.41, 5.74) is 5.03. The van der Waals surface area contributed by atoms with Crippen LogP contribution >= 0.6 is 0 Å². The van der Waals surface area contributed by atoms with E-state index in [4.69, 9.17) is 9.59 Å². The van der Waals surface area contributed by atoms with Gasteiger partial charge in [0.1, 0.15) is 35.0 Å². The summed E-state index contributed by atoms with van der Waals surface area (Å²) >= 11 is 0. The van der Waals surface area contributed by atoms with Crippen LogP contribution in [0.4, 0.5) is 4.79 Å². The maximum atomic E-state index is 12.0. The number of unbranched alkanes of at least 4 members (excludes halogenated alkanes) is 2. The van der Waals surface area contributed by atoms with Crippen LogP contribution < -0.4 is 47.9 Å². The fourth-order valence-electron chi connectivity index (χ4n) is 9.36. The summed E-state index contributed by atoms with van der Waals surface area (Å²) in [6.45, 7) is 40.6. The highest BCUT2D eigenvalue weighted by molar-refractivity contribution is 6.10. The largest absolute Gasteiger partial charge is 0.373 e. The number of carbonyl (C=O) groups excluding carboxylic acids is 8. The van der Waals surface area contributed by atoms with Crippen LogP contribution in [0.2, 0.25) is 0 Å². The third-order valence-electron chi connectivity index (χ3n) is 14.2. The van der Waals surface area contributed by atoms with Crippen molar-refractivity contribution < 1.29 is 38.4 Å². The van der Waals surface area contributed by atoms with Gasteiger partial charge in [-0.15, -0.1) is 0 Å². The Morgan fingerprint density at radius 1 is 0.580 bits per heavy atom. The first-order valence-corrected chi connectivity index (χ1v) is 35.4. The summed E-state index contributed by atoms with van der Waals surface area (Å²) < 4.78 is 0. The summed E-state index contributed by atoms with van der Waals surface area (Å²) in [6.07, 6.45) is 19.4. The standard InChI is InChI=1S/C13H21N3O2.2C13H23N3O.C13H20N2.C11H18N4O.C10H17N3O.CO2/c1-8(2)13(18)15-7-11(17)10-5-12(14-6-10)16-9(3)4;1-9(2)6-14-8-12(17)11-5-13(15-7-11)16-10(3)4;1-5-6-16(4)9-12(17)11-7-13(14-8-11)15-10(2)3;1-4-5-6-7-8-12-9-13(14-10-12)15-11(2)3;1-12-10-7-9(8-13-10)14-11(16)15-5-3-2-4-6-15;1-7(2)12-9-5-8(6-11-9)10(14)13(3)4;2-1-3/h5,8-9H,6-7H2,1-4H3,(H,14,16)(H,15,18);5,9-10,14H,6-8H2,1-4H3,(H,15,16);7,10H,5-6,8-9H2,1-4H3,(H,14,15);9,11H,4-6,10H2,1-3H3,(H,14,15);7H,2-6,8H2,1H3,(H,12,13)(H,14,16);5,7H,6H2,1-4H3,(H,11,12);. The molecule has 0 aromatic carbocycles. The van der Waals surface area contributed by atoms with Crippen molar-refractivity contribution in [2.75, 3.05) is 113 Å². The Balaban J connectivity index is 0.000000596. The number of Topliss-reactive ketones (excluding diaryl/α,β-unsaturated/α-hetero) is 3. The SMILES string of the molecule is CC(C)CNCC(=O)C1=CC(NC(C)C)=NC1.CC(C)NC1=NCC(C(=O)CNC(=O)C(C)C)=C1.CC(C)NC1=NCC(C(=O)N(C)C)=C1.CCCCC#CC1=CC(NC(C)C)=NC1.CCCN(C)CC(=O)C1=CC(NC(C)C)=NC1.CN=C1C=C(NC(=O)N2CCCCC2)CN1.O=C=O. The molecule has 0 saturated carbocycles. The number of urea groups is 1. The third kappa shape index (κ3) is 40.4. The number of amides is 4. The van der Waals surface area contributed by atoms with Crippen molar-refractivity contribution in [1.82, 2.24) is 62.6 Å². The number of nitrogens with zero attached hydrogens (tertiary/aromatic N) is 9. The Morgan fingerprint density at radius 2 is 1.02 bits per heavy atom. The van der Waals surface area contributed by atoms with Gasteiger partial charge in [-0.2, -0.15) is 9.59 Å². The van der Waals surface area contributed by atoms with E-state index in [-0.39, 0.29) is 59.9 Å². The molecule has 0 bridgehead atoms. The molecule has 4 amide bonds. The van der Waals surface area contributed by atoms with Gasteiger partial charge >= 0.3 is 12.2 Å². The molecule has 0 unspecified atom stereocenters. The predicted molar refractivity (Wildman–Crippen MR) is 406 cm³/mol. The highest BCUT2D eigenvalue weighted by atomic mass is 16.2. The number of piperidine rings is 1. The molecule has 0 aromatic rings. The van der Waals surface area contributed by atoms with Crippen molar-refractivity contribution in [2.45, 2.75) is 186 Å². The monoisotopic (exact) mass is 1390 g/mol. The van der Waals surface area contributed by atoms with Crippen LogP contribution in [-0.4, -0.2) is 235 Å². The molecule has 1 saturated heterocycles. The molecular formula is C74H122N18O8. The molecule has 0 radical (unpaired) electrons. The topological polar surface area (TPSA) is 329 Å². The Morgan fingerprint density at radius 3 is 1.44 bits per heavy atom. The first kappa shape index (κ1) is 89.4. The minimum Gasteiger partial charge on any atom is -0.368 e. The molecule has 7 aliphatic heterocycles. The number of carbonyl (C=O) groups is 6. The van der Waals surface area contributed by atoms with E-state index < -0.39 is 0 Å². The van der Waals surface area contributed by atoms with E-state index in [2.05, 4.69) is 170 Å². The fraction of sp³-hybridized carbons (Fsp3) is 0.635. The highest BCUT2D eigenvalue weighted by Gasteiger charge is 2.22. The average Bonchev–Trinajstić information content (AvgIpc) is 1.76. The van der Waals surface area contributed by atoms with Gasteiger partial charge in [0.15, 0.2) is 17.3 Å². The van der Waals surface area contributed by atoms with Crippen molar-refractivity contribution in [3.05, 3.63) is 70.0 Å². The smallest absolute Gasteiger partial charge is 0.368 e. The first-order valence-electron chi connectivity index (χ1n) is 35.4. The zero-order chi connectivity index (χ0) is 75.3. The quantitative estimate of drug-likeness (QED) is 0.0414. The molecule has 100 heavy (non-hydrogen) atoms. The summed E-state index contributed by atoms with van der Waals surface area (Å²) in [6, 6.07) is 1.78. The molecule has 0 spiro atoms. The maximum Gasteiger partial charge on any atom is 0.373 e. The second-order valence-electron chi connectivity index (χ2n) is 27.1. The molecule has 7 rings (SSSR count). The first-order chi connectivity index (χ1) is 47.3. The molecular weight excluding hydrogens is 1270 g/mol. The number of aliphatic imine (C=N–C) groups is 6. The third-order valence-corrected chi connectivity index (χ3v) is 14.2. The lowest BCUT2D eigenvalue weighted by molar-refractivity contribution is -0.191. The van der Waals surface area contributed by atoms with Gasteiger partial charge in [-0.25, -0.2) is 4.79 Å². The lowest BCUT2D eigenvalue weighted by Crippen LogP contribution is -2.42. The van der Waals surface area contributed by atoms with E-state index in [9.17, 15) is 28.8 Å². The highest BCUT2D eigenvalue weighted by Crippen LogP contribution is 2.13. The van der Waals surface area contributed by atoms with Gasteiger partial charge in [-0.05, 0) is 158 Å². The van der Waals surface area contributed by atoms with E-state index in [1.807, 2.05) is 63.9 Å². The molecule has 7 aliphatic rings. The van der Waals surface area contributed by atoms with Crippen molar-refractivity contribution in [3.8, 4) is 11.8 Å². The Labute approximate surface area is 597 Å². The predicted octanol–water partition coefficient (Wildman–Crippen LogP) is 6.08. The van der Waals surface area contributed by atoms with E-state index in [0.717, 1.165) is 121 Å². The van der Waals surface area contributed by atoms with E-state index in [1.165, 1.54) is 19.3 Å². The number of amidine groups is 6. The second kappa shape index (κ2) is 50.6. The molecule has 9 N–H and O–H groups in total. The Bertz CT molecular complexity index is 3130. The summed E-state index contributed by atoms with van der Waals surface area (Å²) in [4.78, 5) is 118. The molecule has 26 nitrogen and oxygen atoms in total. The zero-order valence-electron chi connectivity index (χ0n) is 63.9. The number of ketones is 3.